The van der Waals surface area contributed by atoms with Crippen molar-refractivity contribution in [2.45, 2.75) is 58.0 Å². The van der Waals surface area contributed by atoms with Gasteiger partial charge in [0.2, 0.25) is 0 Å². The fraction of sp³-hybridized carbons (Fsp3) is 0.371. The zero-order chi connectivity index (χ0) is 32.7. The van der Waals surface area contributed by atoms with Gasteiger partial charge >= 0.3 is 0 Å². The summed E-state index contributed by atoms with van der Waals surface area (Å²) in [6.45, 7) is 7.52. The van der Waals surface area contributed by atoms with Gasteiger partial charge in [-0.1, -0.05) is 26.8 Å². The molecule has 4 aromatic heterocycles. The van der Waals surface area contributed by atoms with Crippen molar-refractivity contribution in [2.24, 2.45) is 7.05 Å². The molecule has 0 bridgehead atoms. The Kier molecular flexibility index (Phi) is 8.39. The first-order valence-electron chi connectivity index (χ1n) is 15.5. The molecule has 11 heteroatoms. The average Bonchev–Trinajstić information content (AvgIpc) is 3.03. The lowest BCUT2D eigenvalue weighted by Crippen LogP contribution is -2.29. The van der Waals surface area contributed by atoms with Gasteiger partial charge in [-0.25, -0.2) is 14.1 Å². The van der Waals surface area contributed by atoms with Crippen molar-refractivity contribution in [3.63, 3.8) is 0 Å². The number of hydrogen-bond donors (Lipinski definition) is 1. The molecule has 1 aliphatic rings. The lowest BCUT2D eigenvalue weighted by atomic mass is 9.86. The number of likely N-dealkylation sites (tertiary alicyclic amines) is 1. The summed E-state index contributed by atoms with van der Waals surface area (Å²) in [5, 5.41) is 19.6. The maximum Gasteiger partial charge on any atom is 0.283 e. The van der Waals surface area contributed by atoms with E-state index in [2.05, 4.69) is 38.2 Å². The number of aliphatic hydroxyl groups is 1. The molecule has 0 amide bonds. The molecule has 1 aliphatic heterocycles. The molecule has 46 heavy (non-hydrogen) atoms. The zero-order valence-electron chi connectivity index (χ0n) is 26.8. The second-order valence-corrected chi connectivity index (χ2v) is 13.2. The third-order valence-corrected chi connectivity index (χ3v) is 8.92. The molecule has 0 saturated carbocycles. The van der Waals surface area contributed by atoms with E-state index in [9.17, 15) is 14.7 Å². The van der Waals surface area contributed by atoms with Gasteiger partial charge in [-0.3, -0.25) is 14.6 Å². The number of piperidine rings is 1. The molecule has 1 saturated heterocycles. The summed E-state index contributed by atoms with van der Waals surface area (Å²) in [6.07, 6.45) is 7.30. The molecule has 238 valence electrons. The van der Waals surface area contributed by atoms with Crippen molar-refractivity contribution in [1.82, 2.24) is 34.4 Å². The number of halogens is 1. The van der Waals surface area contributed by atoms with Crippen LogP contribution in [0.4, 0.5) is 4.39 Å². The van der Waals surface area contributed by atoms with E-state index in [1.54, 1.807) is 25.2 Å². The smallest absolute Gasteiger partial charge is 0.283 e. The highest BCUT2D eigenvalue weighted by molar-refractivity contribution is 5.82. The lowest BCUT2D eigenvalue weighted by molar-refractivity contribution is 0.255. The number of benzene rings is 1. The van der Waals surface area contributed by atoms with E-state index < -0.39 is 18.0 Å². The van der Waals surface area contributed by atoms with Crippen LogP contribution in [0.1, 0.15) is 67.5 Å². The maximum atomic E-state index is 15.3. The molecule has 1 aromatic carbocycles. The zero-order valence-corrected chi connectivity index (χ0v) is 26.8. The standard InChI is InChI=1S/C35H38FN7O3/c1-35(2,3)25-14-24-19-39-43(34(46)31(24)29(36)17-25)32-28(20-44)27(8-11-37-32)30-16-23(33(45)42(5)40-30)15-26-7-6-22(18-38-26)21-9-12-41(4)13-10-21/h6-8,11,14,16-19,21,44H,9-10,12-13,15,20H2,1-5H3. The van der Waals surface area contributed by atoms with Crippen LogP contribution in [0.15, 0.2) is 64.6 Å². The number of aromatic nitrogens is 6. The Morgan fingerprint density at radius 2 is 1.74 bits per heavy atom. The summed E-state index contributed by atoms with van der Waals surface area (Å²) in [5.41, 5.74) is 3.05. The molecule has 1 N–H and O–H groups in total. The van der Waals surface area contributed by atoms with Crippen molar-refractivity contribution in [1.29, 1.82) is 0 Å². The Morgan fingerprint density at radius 1 is 0.978 bits per heavy atom. The van der Waals surface area contributed by atoms with Gasteiger partial charge in [-0.05, 0) is 85.8 Å². The first-order valence-corrected chi connectivity index (χ1v) is 15.5. The number of rotatable bonds is 6. The molecule has 5 aromatic rings. The van der Waals surface area contributed by atoms with Gasteiger partial charge in [0.1, 0.15) is 5.82 Å². The third-order valence-electron chi connectivity index (χ3n) is 8.92. The Morgan fingerprint density at radius 3 is 2.41 bits per heavy atom. The molecule has 5 heterocycles. The van der Waals surface area contributed by atoms with Crippen LogP contribution < -0.4 is 11.1 Å². The van der Waals surface area contributed by atoms with Crippen LogP contribution in [0.5, 0.6) is 0 Å². The molecule has 6 rings (SSSR count). The minimum absolute atomic E-state index is 0.0505. The largest absolute Gasteiger partial charge is 0.392 e. The summed E-state index contributed by atoms with van der Waals surface area (Å²) >= 11 is 0. The Labute approximate surface area is 266 Å². The highest BCUT2D eigenvalue weighted by atomic mass is 19.1. The van der Waals surface area contributed by atoms with E-state index in [1.807, 2.05) is 33.0 Å². The summed E-state index contributed by atoms with van der Waals surface area (Å²) in [4.78, 5) is 38.1. The van der Waals surface area contributed by atoms with Gasteiger partial charge in [-0.15, -0.1) is 0 Å². The molecule has 0 radical (unpaired) electrons. The van der Waals surface area contributed by atoms with Crippen LogP contribution in [0.2, 0.25) is 0 Å². The first kappa shape index (κ1) is 31.4. The minimum Gasteiger partial charge on any atom is -0.392 e. The van der Waals surface area contributed by atoms with Crippen molar-refractivity contribution >= 4 is 10.8 Å². The van der Waals surface area contributed by atoms with Crippen LogP contribution >= 0.6 is 0 Å². The fourth-order valence-corrected chi connectivity index (χ4v) is 6.13. The normalized spacial score (nSPS) is 14.7. The van der Waals surface area contributed by atoms with Crippen molar-refractivity contribution < 1.29 is 9.50 Å². The second kappa shape index (κ2) is 12.3. The van der Waals surface area contributed by atoms with E-state index in [0.29, 0.717) is 34.5 Å². The van der Waals surface area contributed by atoms with Gasteiger partial charge in [0, 0.05) is 53.6 Å². The van der Waals surface area contributed by atoms with E-state index in [1.165, 1.54) is 28.7 Å². The summed E-state index contributed by atoms with van der Waals surface area (Å²) in [7, 11) is 3.71. The van der Waals surface area contributed by atoms with Gasteiger partial charge in [0.05, 0.1) is 23.9 Å². The van der Waals surface area contributed by atoms with Crippen LogP contribution in [-0.4, -0.2) is 59.7 Å². The number of hydrogen-bond acceptors (Lipinski definition) is 8. The Hall–Kier alpha value is -4.61. The van der Waals surface area contributed by atoms with E-state index in [0.717, 1.165) is 41.9 Å². The van der Waals surface area contributed by atoms with Crippen molar-refractivity contribution in [2.75, 3.05) is 20.1 Å². The number of fused-ring (bicyclic) bond motifs is 1. The number of aliphatic hydroxyl groups excluding tert-OH is 1. The predicted octanol–water partition coefficient (Wildman–Crippen LogP) is 4.27. The van der Waals surface area contributed by atoms with Crippen molar-refractivity contribution in [3.8, 4) is 17.1 Å². The SMILES string of the molecule is CN1CCC(c2ccc(Cc3cc(-c4ccnc(-n5ncc6cc(C(C)(C)C)cc(F)c6c5=O)c4CO)nn(C)c3=O)nc2)CC1. The van der Waals surface area contributed by atoms with Crippen molar-refractivity contribution in [3.05, 3.63) is 109 Å². The summed E-state index contributed by atoms with van der Waals surface area (Å²) < 4.78 is 17.6. The van der Waals surface area contributed by atoms with Crippen LogP contribution in [0.25, 0.3) is 27.8 Å². The fourth-order valence-electron chi connectivity index (χ4n) is 6.13. The molecule has 0 unspecified atom stereocenters. The molecule has 1 fully saturated rings. The number of pyridine rings is 2. The van der Waals surface area contributed by atoms with Gasteiger partial charge < -0.3 is 10.0 Å². The minimum atomic E-state index is -0.696. The first-order chi connectivity index (χ1) is 21.9. The lowest BCUT2D eigenvalue weighted by Gasteiger charge is -2.29. The monoisotopic (exact) mass is 623 g/mol. The van der Waals surface area contributed by atoms with Crippen LogP contribution in [0, 0.1) is 5.82 Å². The summed E-state index contributed by atoms with van der Waals surface area (Å²) in [5.74, 6) is -0.116. The summed E-state index contributed by atoms with van der Waals surface area (Å²) in [6, 6.07) is 10.5. The van der Waals surface area contributed by atoms with Crippen LogP contribution in [0.3, 0.4) is 0 Å². The van der Waals surface area contributed by atoms with E-state index in [-0.39, 0.29) is 27.7 Å². The van der Waals surface area contributed by atoms with E-state index >= 15 is 4.39 Å². The molecule has 0 atom stereocenters. The molecular weight excluding hydrogens is 585 g/mol. The molecule has 10 nitrogen and oxygen atoms in total. The average molecular weight is 624 g/mol. The molecule has 0 spiro atoms. The Bertz CT molecular complexity index is 2040. The predicted molar refractivity (Wildman–Crippen MR) is 175 cm³/mol. The van der Waals surface area contributed by atoms with Gasteiger partial charge in [0.25, 0.3) is 11.1 Å². The number of nitrogens with zero attached hydrogens (tertiary/aromatic N) is 7. The van der Waals surface area contributed by atoms with Gasteiger partial charge in [-0.2, -0.15) is 14.9 Å². The second-order valence-electron chi connectivity index (χ2n) is 13.2. The van der Waals surface area contributed by atoms with E-state index in [4.69, 9.17) is 0 Å². The van der Waals surface area contributed by atoms with Crippen LogP contribution in [-0.2, 0) is 25.5 Å². The molecular formula is C35H38FN7O3. The van der Waals surface area contributed by atoms with Gasteiger partial charge in [0.15, 0.2) is 5.82 Å². The Balaban J connectivity index is 1.36. The third kappa shape index (κ3) is 6.00. The molecule has 0 aliphatic carbocycles. The highest BCUT2D eigenvalue weighted by Crippen LogP contribution is 2.30. The highest BCUT2D eigenvalue weighted by Gasteiger charge is 2.22. The number of aryl methyl sites for hydroxylation is 1. The topological polar surface area (TPSA) is 119 Å². The quantitative estimate of drug-likeness (QED) is 0.298. The maximum absolute atomic E-state index is 15.3.